The van der Waals surface area contributed by atoms with Crippen molar-refractivity contribution in [2.45, 2.75) is 20.5 Å². The molecule has 1 saturated heterocycles. The van der Waals surface area contributed by atoms with Gasteiger partial charge in [-0.15, -0.1) is 0 Å². The van der Waals surface area contributed by atoms with Gasteiger partial charge in [-0.2, -0.15) is 0 Å². The minimum absolute atomic E-state index is 0.114. The lowest BCUT2D eigenvalue weighted by atomic mass is 10.1. The zero-order valence-electron chi connectivity index (χ0n) is 18.1. The number of carbonyl (C=O) groups excluding carboxylic acids is 3. The summed E-state index contributed by atoms with van der Waals surface area (Å²) in [6.07, 6.45) is 1.47. The summed E-state index contributed by atoms with van der Waals surface area (Å²) in [4.78, 5) is 38.9. The number of anilines is 1. The molecule has 1 heterocycles. The number of nitrogens with one attached hydrogen (secondary N) is 1. The van der Waals surface area contributed by atoms with Gasteiger partial charge in [0, 0.05) is 4.47 Å². The molecule has 0 saturated carbocycles. The van der Waals surface area contributed by atoms with Crippen molar-refractivity contribution in [3.63, 3.8) is 0 Å². The van der Waals surface area contributed by atoms with Crippen LogP contribution in [-0.4, -0.2) is 17.8 Å². The van der Waals surface area contributed by atoms with Crippen molar-refractivity contribution < 1.29 is 19.1 Å². The van der Waals surface area contributed by atoms with Crippen LogP contribution >= 0.6 is 15.9 Å². The molecule has 1 fully saturated rings. The number of carbonyl (C=O) groups is 3. The second-order valence-corrected chi connectivity index (χ2v) is 8.70. The molecule has 33 heavy (non-hydrogen) atoms. The van der Waals surface area contributed by atoms with Crippen molar-refractivity contribution in [3.05, 3.63) is 99.0 Å². The van der Waals surface area contributed by atoms with Crippen LogP contribution in [0.1, 0.15) is 22.3 Å². The molecule has 0 aromatic heterocycles. The molecule has 0 aliphatic carbocycles. The fourth-order valence-corrected chi connectivity index (χ4v) is 3.81. The molecule has 0 spiro atoms. The number of hydrogen-bond donors (Lipinski definition) is 1. The Hall–Kier alpha value is -3.71. The van der Waals surface area contributed by atoms with E-state index < -0.39 is 17.8 Å². The maximum atomic E-state index is 13.1. The third-order valence-corrected chi connectivity index (χ3v) is 5.60. The second-order valence-electron chi connectivity index (χ2n) is 7.79. The van der Waals surface area contributed by atoms with E-state index in [9.17, 15) is 14.4 Å². The van der Waals surface area contributed by atoms with Gasteiger partial charge in [0.05, 0.1) is 5.69 Å². The lowest BCUT2D eigenvalue weighted by Crippen LogP contribution is -2.54. The predicted molar refractivity (Wildman–Crippen MR) is 130 cm³/mol. The van der Waals surface area contributed by atoms with Gasteiger partial charge in [-0.25, -0.2) is 9.69 Å². The number of amides is 4. The number of barbiturate groups is 1. The summed E-state index contributed by atoms with van der Waals surface area (Å²) in [5.41, 5.74) is 3.80. The van der Waals surface area contributed by atoms with E-state index in [0.717, 1.165) is 26.1 Å². The maximum absolute atomic E-state index is 13.1. The standard InChI is InChI=1S/C26H21BrN2O4/c1-16-11-17(2)13-21(12-16)29-25(31)23(24(30)28-26(29)32)14-18-5-9-22(10-6-18)33-15-19-3-7-20(27)8-4-19/h3-14H,15H2,1-2H3,(H,28,30,32). The first-order valence-electron chi connectivity index (χ1n) is 10.3. The lowest BCUT2D eigenvalue weighted by Gasteiger charge is -2.27. The van der Waals surface area contributed by atoms with Crippen LogP contribution in [-0.2, 0) is 16.2 Å². The SMILES string of the molecule is Cc1cc(C)cc(N2C(=O)NC(=O)C(=Cc3ccc(OCc4ccc(Br)cc4)cc3)C2=O)c1. The molecule has 4 rings (SSSR count). The summed E-state index contributed by atoms with van der Waals surface area (Å²) in [6, 6.07) is 19.5. The highest BCUT2D eigenvalue weighted by Crippen LogP contribution is 2.25. The maximum Gasteiger partial charge on any atom is 0.335 e. The minimum atomic E-state index is -0.760. The van der Waals surface area contributed by atoms with Crippen molar-refractivity contribution in [1.29, 1.82) is 0 Å². The smallest absolute Gasteiger partial charge is 0.335 e. The van der Waals surface area contributed by atoms with Gasteiger partial charge < -0.3 is 4.74 Å². The first kappa shape index (κ1) is 22.5. The number of aryl methyl sites for hydroxylation is 2. The van der Waals surface area contributed by atoms with Crippen molar-refractivity contribution in [3.8, 4) is 5.75 Å². The monoisotopic (exact) mass is 504 g/mol. The van der Waals surface area contributed by atoms with Gasteiger partial charge in [-0.05, 0) is 78.6 Å². The minimum Gasteiger partial charge on any atom is -0.489 e. The number of imide groups is 2. The molecule has 4 amide bonds. The Balaban J connectivity index is 1.53. The summed E-state index contributed by atoms with van der Waals surface area (Å²) < 4.78 is 6.80. The number of hydrogen-bond acceptors (Lipinski definition) is 4. The normalized spacial score (nSPS) is 15.1. The van der Waals surface area contributed by atoms with Crippen molar-refractivity contribution in [1.82, 2.24) is 5.32 Å². The Labute approximate surface area is 200 Å². The van der Waals surface area contributed by atoms with E-state index in [1.165, 1.54) is 6.08 Å². The Morgan fingerprint density at radius 3 is 2.18 bits per heavy atom. The molecule has 7 heteroatoms. The molecule has 3 aromatic carbocycles. The first-order chi connectivity index (χ1) is 15.8. The molecular formula is C26H21BrN2O4. The Kier molecular flexibility index (Phi) is 6.42. The second kappa shape index (κ2) is 9.42. The van der Waals surface area contributed by atoms with Crippen molar-refractivity contribution in [2.24, 2.45) is 0 Å². The molecule has 0 atom stereocenters. The Bertz CT molecular complexity index is 1240. The largest absolute Gasteiger partial charge is 0.489 e. The molecule has 0 radical (unpaired) electrons. The van der Waals surface area contributed by atoms with Crippen LogP contribution in [0.15, 0.2) is 76.8 Å². The molecule has 0 bridgehead atoms. The van der Waals surface area contributed by atoms with Gasteiger partial charge in [0.2, 0.25) is 0 Å². The van der Waals surface area contributed by atoms with E-state index in [-0.39, 0.29) is 5.57 Å². The molecule has 1 N–H and O–H groups in total. The molecular weight excluding hydrogens is 484 g/mol. The fourth-order valence-electron chi connectivity index (χ4n) is 3.55. The van der Waals surface area contributed by atoms with Crippen LogP contribution in [0.4, 0.5) is 10.5 Å². The molecule has 0 unspecified atom stereocenters. The van der Waals surface area contributed by atoms with Gasteiger partial charge in [0.15, 0.2) is 0 Å². The molecule has 1 aliphatic heterocycles. The highest BCUT2D eigenvalue weighted by molar-refractivity contribution is 9.10. The molecule has 166 valence electrons. The van der Waals surface area contributed by atoms with Gasteiger partial charge in [0.25, 0.3) is 11.8 Å². The van der Waals surface area contributed by atoms with E-state index >= 15 is 0 Å². The fraction of sp³-hybridized carbons (Fsp3) is 0.115. The summed E-state index contributed by atoms with van der Waals surface area (Å²) in [6.45, 7) is 4.18. The average Bonchev–Trinajstić information content (AvgIpc) is 2.76. The number of ether oxygens (including phenoxy) is 1. The van der Waals surface area contributed by atoms with Gasteiger partial charge >= 0.3 is 6.03 Å². The summed E-state index contributed by atoms with van der Waals surface area (Å²) in [5, 5.41) is 2.25. The van der Waals surface area contributed by atoms with Crippen LogP contribution in [0.3, 0.4) is 0 Å². The number of benzene rings is 3. The van der Waals surface area contributed by atoms with Crippen LogP contribution in [0.2, 0.25) is 0 Å². The van der Waals surface area contributed by atoms with E-state index in [2.05, 4.69) is 21.2 Å². The van der Waals surface area contributed by atoms with Crippen molar-refractivity contribution >= 4 is 45.5 Å². The number of nitrogens with zero attached hydrogens (tertiary/aromatic N) is 1. The average molecular weight is 505 g/mol. The summed E-state index contributed by atoms with van der Waals surface area (Å²) >= 11 is 3.40. The molecule has 6 nitrogen and oxygen atoms in total. The first-order valence-corrected chi connectivity index (χ1v) is 11.1. The van der Waals surface area contributed by atoms with Gasteiger partial charge in [-0.1, -0.05) is 46.3 Å². The Morgan fingerprint density at radius 1 is 0.909 bits per heavy atom. The summed E-state index contributed by atoms with van der Waals surface area (Å²) in [5.74, 6) is -0.725. The lowest BCUT2D eigenvalue weighted by molar-refractivity contribution is -0.122. The number of rotatable bonds is 5. The molecule has 1 aliphatic rings. The van der Waals surface area contributed by atoms with Gasteiger partial charge in [0.1, 0.15) is 17.9 Å². The third-order valence-electron chi connectivity index (χ3n) is 5.08. The number of urea groups is 1. The zero-order chi connectivity index (χ0) is 23.5. The van der Waals surface area contributed by atoms with E-state index in [1.807, 2.05) is 44.2 Å². The van der Waals surface area contributed by atoms with Crippen LogP contribution in [0.25, 0.3) is 6.08 Å². The van der Waals surface area contributed by atoms with Gasteiger partial charge in [-0.3, -0.25) is 14.9 Å². The zero-order valence-corrected chi connectivity index (χ0v) is 19.7. The highest BCUT2D eigenvalue weighted by atomic mass is 79.9. The number of halogens is 1. The summed E-state index contributed by atoms with van der Waals surface area (Å²) in [7, 11) is 0. The molecule has 3 aromatic rings. The van der Waals surface area contributed by atoms with E-state index in [0.29, 0.717) is 23.6 Å². The van der Waals surface area contributed by atoms with Crippen LogP contribution < -0.4 is 15.0 Å². The predicted octanol–water partition coefficient (Wildman–Crippen LogP) is 5.31. The van der Waals surface area contributed by atoms with Crippen LogP contribution in [0.5, 0.6) is 5.75 Å². The van der Waals surface area contributed by atoms with E-state index in [1.54, 1.807) is 36.4 Å². The highest BCUT2D eigenvalue weighted by Gasteiger charge is 2.36. The van der Waals surface area contributed by atoms with Crippen LogP contribution in [0, 0.1) is 13.8 Å². The third kappa shape index (κ3) is 5.21. The topological polar surface area (TPSA) is 75.7 Å². The quantitative estimate of drug-likeness (QED) is 0.377. The van der Waals surface area contributed by atoms with E-state index in [4.69, 9.17) is 4.74 Å². The van der Waals surface area contributed by atoms with Crippen molar-refractivity contribution in [2.75, 3.05) is 4.90 Å². The Morgan fingerprint density at radius 2 is 1.55 bits per heavy atom.